The number of rotatable bonds is 3. The molecule has 140 valence electrons. The van der Waals surface area contributed by atoms with Crippen LogP contribution >= 0.6 is 0 Å². The number of hydrogen-bond acceptors (Lipinski definition) is 3. The summed E-state index contributed by atoms with van der Waals surface area (Å²) in [6.45, 7) is 1.52. The number of hydrogen-bond donors (Lipinski definition) is 2. The van der Waals surface area contributed by atoms with Crippen LogP contribution < -0.4 is 10.3 Å². The van der Waals surface area contributed by atoms with E-state index < -0.39 is 15.8 Å². The van der Waals surface area contributed by atoms with Gasteiger partial charge in [-0.2, -0.15) is 0 Å². The lowest BCUT2D eigenvalue weighted by molar-refractivity contribution is 0.598. The van der Waals surface area contributed by atoms with Crippen molar-refractivity contribution in [1.29, 1.82) is 0 Å². The SMILES string of the molecule is Cc1cc(S(=O)(=O)Nc2ccc3[nH]c(=O)c4c(c3c2)CCCC4)ccc1F. The van der Waals surface area contributed by atoms with Crippen molar-refractivity contribution >= 4 is 26.6 Å². The number of sulfonamides is 1. The standard InChI is InChI=1S/C20H19FN2O3S/c1-12-10-14(7-8-18(12)21)27(25,26)23-13-6-9-19-17(11-13)15-4-2-3-5-16(15)20(24)22-19/h6-11,23H,2-5H2,1H3,(H,22,24). The molecule has 27 heavy (non-hydrogen) atoms. The quantitative estimate of drug-likeness (QED) is 0.721. The number of aromatic nitrogens is 1. The van der Waals surface area contributed by atoms with Crippen molar-refractivity contribution in [3.05, 3.63) is 69.3 Å². The van der Waals surface area contributed by atoms with Crippen LogP contribution in [-0.2, 0) is 22.9 Å². The predicted molar refractivity (Wildman–Crippen MR) is 103 cm³/mol. The van der Waals surface area contributed by atoms with E-state index in [-0.39, 0.29) is 16.0 Å². The number of anilines is 1. The Bertz CT molecular complexity index is 1220. The molecule has 0 saturated heterocycles. The Kier molecular flexibility index (Phi) is 4.26. The van der Waals surface area contributed by atoms with E-state index >= 15 is 0 Å². The highest BCUT2D eigenvalue weighted by molar-refractivity contribution is 7.92. The van der Waals surface area contributed by atoms with Crippen LogP contribution in [0.3, 0.4) is 0 Å². The second-order valence-corrected chi connectivity index (χ2v) is 8.58. The number of benzene rings is 2. The molecule has 0 unspecified atom stereocenters. The van der Waals surface area contributed by atoms with Crippen LogP contribution in [0.5, 0.6) is 0 Å². The zero-order valence-electron chi connectivity index (χ0n) is 14.8. The first kappa shape index (κ1) is 17.7. The fraction of sp³-hybridized carbons (Fsp3) is 0.250. The van der Waals surface area contributed by atoms with E-state index in [4.69, 9.17) is 0 Å². The molecule has 0 amide bonds. The van der Waals surface area contributed by atoms with Gasteiger partial charge in [0.15, 0.2) is 0 Å². The van der Waals surface area contributed by atoms with Gasteiger partial charge in [0.25, 0.3) is 15.6 Å². The number of H-pyrrole nitrogens is 1. The maximum Gasteiger partial charge on any atom is 0.261 e. The summed E-state index contributed by atoms with van der Waals surface area (Å²) in [5.41, 5.74) is 3.10. The molecule has 0 aliphatic heterocycles. The van der Waals surface area contributed by atoms with Crippen molar-refractivity contribution in [2.75, 3.05) is 4.72 Å². The van der Waals surface area contributed by atoms with E-state index in [1.807, 2.05) is 0 Å². The minimum absolute atomic E-state index is 0.00462. The zero-order chi connectivity index (χ0) is 19.2. The summed E-state index contributed by atoms with van der Waals surface area (Å²) in [6, 6.07) is 8.76. The molecule has 1 heterocycles. The Morgan fingerprint density at radius 3 is 2.52 bits per heavy atom. The molecular weight excluding hydrogens is 367 g/mol. The summed E-state index contributed by atoms with van der Waals surface area (Å²) in [4.78, 5) is 15.1. The summed E-state index contributed by atoms with van der Waals surface area (Å²) in [6.07, 6.45) is 3.54. The monoisotopic (exact) mass is 386 g/mol. The summed E-state index contributed by atoms with van der Waals surface area (Å²) in [5, 5.41) is 0.861. The molecule has 1 aliphatic carbocycles. The molecule has 0 fully saturated rings. The number of nitrogens with one attached hydrogen (secondary N) is 2. The average Bonchev–Trinajstić information content (AvgIpc) is 2.64. The van der Waals surface area contributed by atoms with Crippen molar-refractivity contribution in [3.8, 4) is 0 Å². The Balaban J connectivity index is 1.77. The Labute approximate surface area is 156 Å². The van der Waals surface area contributed by atoms with Crippen molar-refractivity contribution in [2.45, 2.75) is 37.5 Å². The maximum absolute atomic E-state index is 13.4. The van der Waals surface area contributed by atoms with Crippen molar-refractivity contribution < 1.29 is 12.8 Å². The lowest BCUT2D eigenvalue weighted by atomic mass is 9.90. The van der Waals surface area contributed by atoms with Crippen molar-refractivity contribution in [2.24, 2.45) is 0 Å². The van der Waals surface area contributed by atoms with Crippen LogP contribution in [0.2, 0.25) is 0 Å². The normalized spacial score (nSPS) is 14.1. The van der Waals surface area contributed by atoms with Gasteiger partial charge in [-0.25, -0.2) is 12.8 Å². The van der Waals surface area contributed by atoms with Crippen molar-refractivity contribution in [3.63, 3.8) is 0 Å². The molecule has 0 bridgehead atoms. The minimum atomic E-state index is -3.84. The Morgan fingerprint density at radius 2 is 1.78 bits per heavy atom. The van der Waals surface area contributed by atoms with Gasteiger partial charge < -0.3 is 4.98 Å². The molecule has 1 aromatic heterocycles. The highest BCUT2D eigenvalue weighted by Crippen LogP contribution is 2.28. The van der Waals surface area contributed by atoms with Gasteiger partial charge in [0.05, 0.1) is 4.90 Å². The first-order valence-corrected chi connectivity index (χ1v) is 10.3. The zero-order valence-corrected chi connectivity index (χ0v) is 15.6. The molecule has 1 aliphatic rings. The van der Waals surface area contributed by atoms with Crippen LogP contribution in [0.25, 0.3) is 10.9 Å². The van der Waals surface area contributed by atoms with E-state index in [1.54, 1.807) is 18.2 Å². The van der Waals surface area contributed by atoms with Crippen LogP contribution in [0.1, 0.15) is 29.5 Å². The van der Waals surface area contributed by atoms with Crippen molar-refractivity contribution in [1.82, 2.24) is 4.98 Å². The van der Waals surface area contributed by atoms with Gasteiger partial charge in [-0.3, -0.25) is 9.52 Å². The molecule has 0 spiro atoms. The van der Waals surface area contributed by atoms with Gasteiger partial charge >= 0.3 is 0 Å². The van der Waals surface area contributed by atoms with Gasteiger partial charge in [-0.15, -0.1) is 0 Å². The van der Waals surface area contributed by atoms with Gasteiger partial charge in [0.1, 0.15) is 5.82 Å². The third kappa shape index (κ3) is 3.23. The average molecular weight is 386 g/mol. The van der Waals surface area contributed by atoms with Crippen LogP contribution in [0, 0.1) is 12.7 Å². The second kappa shape index (κ2) is 6.49. The molecule has 2 aromatic carbocycles. The van der Waals surface area contributed by atoms with E-state index in [0.717, 1.165) is 48.3 Å². The minimum Gasteiger partial charge on any atom is -0.322 e. The molecule has 0 saturated carbocycles. The molecule has 4 rings (SSSR count). The lowest BCUT2D eigenvalue weighted by Gasteiger charge is -2.18. The van der Waals surface area contributed by atoms with E-state index in [1.165, 1.54) is 19.1 Å². The maximum atomic E-state index is 13.4. The molecule has 0 atom stereocenters. The third-order valence-electron chi connectivity index (χ3n) is 5.03. The molecule has 3 aromatic rings. The molecule has 5 nitrogen and oxygen atoms in total. The van der Waals surface area contributed by atoms with E-state index in [2.05, 4.69) is 9.71 Å². The fourth-order valence-corrected chi connectivity index (χ4v) is 4.75. The molecule has 2 N–H and O–H groups in total. The van der Waals surface area contributed by atoms with Gasteiger partial charge in [0.2, 0.25) is 0 Å². The smallest absolute Gasteiger partial charge is 0.261 e. The number of aryl methyl sites for hydroxylation is 2. The largest absolute Gasteiger partial charge is 0.322 e. The second-order valence-electron chi connectivity index (χ2n) is 6.90. The predicted octanol–water partition coefficient (Wildman–Crippen LogP) is 3.66. The number of pyridine rings is 1. The summed E-state index contributed by atoms with van der Waals surface area (Å²) in [5.74, 6) is -0.449. The highest BCUT2D eigenvalue weighted by atomic mass is 32.2. The highest BCUT2D eigenvalue weighted by Gasteiger charge is 2.19. The molecular formula is C20H19FN2O3S. The van der Waals surface area contributed by atoms with Gasteiger partial charge in [-0.1, -0.05) is 0 Å². The fourth-order valence-electron chi connectivity index (χ4n) is 3.62. The molecule has 0 radical (unpaired) electrons. The third-order valence-corrected chi connectivity index (χ3v) is 6.41. The lowest BCUT2D eigenvalue weighted by Crippen LogP contribution is -2.19. The van der Waals surface area contributed by atoms with Crippen LogP contribution in [0.15, 0.2) is 46.1 Å². The number of fused-ring (bicyclic) bond motifs is 3. The Morgan fingerprint density at radius 1 is 1.04 bits per heavy atom. The van der Waals surface area contributed by atoms with E-state index in [9.17, 15) is 17.6 Å². The molecule has 7 heteroatoms. The first-order chi connectivity index (χ1) is 12.8. The van der Waals surface area contributed by atoms with Crippen LogP contribution in [-0.4, -0.2) is 13.4 Å². The van der Waals surface area contributed by atoms with Crippen LogP contribution in [0.4, 0.5) is 10.1 Å². The number of halogens is 1. The van der Waals surface area contributed by atoms with Gasteiger partial charge in [0, 0.05) is 22.2 Å². The summed E-state index contributed by atoms with van der Waals surface area (Å²) >= 11 is 0. The summed E-state index contributed by atoms with van der Waals surface area (Å²) in [7, 11) is -3.84. The van der Waals surface area contributed by atoms with Gasteiger partial charge in [-0.05, 0) is 80.1 Å². The summed E-state index contributed by atoms with van der Waals surface area (Å²) < 4.78 is 41.3. The Hall–Kier alpha value is -2.67. The van der Waals surface area contributed by atoms with E-state index in [0.29, 0.717) is 11.2 Å². The number of aromatic amines is 1. The topological polar surface area (TPSA) is 79.0 Å². The first-order valence-electron chi connectivity index (χ1n) is 8.82.